The van der Waals surface area contributed by atoms with Crippen LogP contribution in [0.5, 0.6) is 0 Å². The van der Waals surface area contributed by atoms with Crippen molar-refractivity contribution < 1.29 is 8.42 Å². The maximum absolute atomic E-state index is 12.2. The second-order valence-electron chi connectivity index (χ2n) is 4.35. The maximum Gasteiger partial charge on any atom is 0.241 e. The molecule has 0 spiro atoms. The third kappa shape index (κ3) is 2.61. The van der Waals surface area contributed by atoms with Crippen LogP contribution < -0.4 is 4.72 Å². The molecule has 1 aromatic carbocycles. The van der Waals surface area contributed by atoms with Crippen LogP contribution in [0.2, 0.25) is 0 Å². The van der Waals surface area contributed by atoms with Crippen molar-refractivity contribution in [2.24, 2.45) is 0 Å². The van der Waals surface area contributed by atoms with Gasteiger partial charge in [0.05, 0.1) is 16.5 Å². The van der Waals surface area contributed by atoms with Gasteiger partial charge in [0.25, 0.3) is 0 Å². The largest absolute Gasteiger partial charge is 0.241 e. The van der Waals surface area contributed by atoms with Crippen molar-refractivity contribution >= 4 is 10.0 Å². The summed E-state index contributed by atoms with van der Waals surface area (Å²) in [6.07, 6.45) is 5.40. The van der Waals surface area contributed by atoms with Gasteiger partial charge in [-0.05, 0) is 43.5 Å². The predicted molar refractivity (Wildman–Crippen MR) is 68.4 cm³/mol. The Kier molecular flexibility index (Phi) is 3.50. The molecule has 1 aliphatic carbocycles. The Morgan fingerprint density at radius 1 is 1.33 bits per heavy atom. The van der Waals surface area contributed by atoms with Gasteiger partial charge in [0.15, 0.2) is 0 Å². The number of rotatable bonds is 3. The van der Waals surface area contributed by atoms with Crippen LogP contribution in [0.4, 0.5) is 0 Å². The number of nitrogens with one attached hydrogen (secondary N) is 1. The van der Waals surface area contributed by atoms with Gasteiger partial charge in [-0.2, -0.15) is 5.26 Å². The number of benzene rings is 1. The molecule has 0 unspecified atom stereocenters. The molecule has 0 heterocycles. The average molecular weight is 262 g/mol. The van der Waals surface area contributed by atoms with Gasteiger partial charge in [0.2, 0.25) is 10.0 Å². The van der Waals surface area contributed by atoms with Crippen LogP contribution in [0, 0.1) is 18.3 Å². The highest BCUT2D eigenvalue weighted by Crippen LogP contribution is 2.19. The Balaban J connectivity index is 2.27. The van der Waals surface area contributed by atoms with Gasteiger partial charge >= 0.3 is 0 Å². The highest BCUT2D eigenvalue weighted by molar-refractivity contribution is 7.89. The van der Waals surface area contributed by atoms with Gasteiger partial charge in [-0.3, -0.25) is 0 Å². The first-order valence-electron chi connectivity index (χ1n) is 5.71. The fourth-order valence-electron chi connectivity index (χ4n) is 2.02. The van der Waals surface area contributed by atoms with E-state index in [9.17, 15) is 8.42 Å². The molecule has 0 aromatic heterocycles. The van der Waals surface area contributed by atoms with E-state index in [1.807, 2.05) is 18.2 Å². The highest BCUT2D eigenvalue weighted by atomic mass is 32.2. The summed E-state index contributed by atoms with van der Waals surface area (Å²) < 4.78 is 27.1. The van der Waals surface area contributed by atoms with Crippen molar-refractivity contribution in [3.8, 4) is 6.07 Å². The average Bonchev–Trinajstić information content (AvgIpc) is 2.80. The molecule has 0 atom stereocenters. The monoisotopic (exact) mass is 262 g/mol. The molecule has 0 amide bonds. The van der Waals surface area contributed by atoms with E-state index in [0.717, 1.165) is 12.8 Å². The minimum absolute atomic E-state index is 0.0509. The lowest BCUT2D eigenvalue weighted by Crippen LogP contribution is -2.33. The minimum Gasteiger partial charge on any atom is -0.207 e. The number of aryl methyl sites for hydroxylation is 1. The summed E-state index contributed by atoms with van der Waals surface area (Å²) in [4.78, 5) is 0.244. The summed E-state index contributed by atoms with van der Waals surface area (Å²) in [6.45, 7) is 1.70. The van der Waals surface area contributed by atoms with Crippen molar-refractivity contribution in [3.05, 3.63) is 41.5 Å². The van der Waals surface area contributed by atoms with E-state index < -0.39 is 10.0 Å². The molecule has 18 heavy (non-hydrogen) atoms. The molecule has 1 aromatic rings. The standard InChI is InChI=1S/C13H14N2O2S/c1-10-8-11(9-14)6-7-13(10)18(16,17)15-12-4-2-3-5-12/h2-3,6-8,12,15H,4-5H2,1H3. The van der Waals surface area contributed by atoms with E-state index in [4.69, 9.17) is 5.26 Å². The third-order valence-electron chi connectivity index (χ3n) is 2.92. The normalized spacial score (nSPS) is 15.8. The van der Waals surface area contributed by atoms with Crippen LogP contribution in [-0.4, -0.2) is 14.5 Å². The maximum atomic E-state index is 12.2. The van der Waals surface area contributed by atoms with Crippen molar-refractivity contribution in [2.45, 2.75) is 30.7 Å². The number of hydrogen-bond donors (Lipinski definition) is 1. The van der Waals surface area contributed by atoms with Crippen molar-refractivity contribution in [2.75, 3.05) is 0 Å². The highest BCUT2D eigenvalue weighted by Gasteiger charge is 2.22. The van der Waals surface area contributed by atoms with Crippen molar-refractivity contribution in [3.63, 3.8) is 0 Å². The fraction of sp³-hybridized carbons (Fsp3) is 0.308. The number of nitrogens with zero attached hydrogens (tertiary/aromatic N) is 1. The summed E-state index contributed by atoms with van der Waals surface area (Å²) in [5.41, 5.74) is 1.06. The molecule has 4 nitrogen and oxygen atoms in total. The smallest absolute Gasteiger partial charge is 0.207 e. The molecular formula is C13H14N2O2S. The van der Waals surface area contributed by atoms with Gasteiger partial charge in [0, 0.05) is 6.04 Å². The quantitative estimate of drug-likeness (QED) is 0.845. The van der Waals surface area contributed by atoms with E-state index >= 15 is 0 Å². The molecule has 0 bridgehead atoms. The first kappa shape index (κ1) is 12.8. The number of hydrogen-bond acceptors (Lipinski definition) is 3. The first-order valence-corrected chi connectivity index (χ1v) is 7.19. The molecule has 5 heteroatoms. The third-order valence-corrected chi connectivity index (χ3v) is 4.60. The summed E-state index contributed by atoms with van der Waals surface area (Å²) in [6, 6.07) is 6.54. The topological polar surface area (TPSA) is 70.0 Å². The SMILES string of the molecule is Cc1cc(C#N)ccc1S(=O)(=O)NC1CC=CC1. The van der Waals surface area contributed by atoms with Crippen molar-refractivity contribution in [1.82, 2.24) is 4.72 Å². The van der Waals surface area contributed by atoms with Gasteiger partial charge < -0.3 is 0 Å². The van der Waals surface area contributed by atoms with E-state index in [2.05, 4.69) is 4.72 Å². The molecule has 94 valence electrons. The van der Waals surface area contributed by atoms with Gasteiger partial charge in [-0.25, -0.2) is 13.1 Å². The molecule has 1 N–H and O–H groups in total. The number of sulfonamides is 1. The summed E-state index contributed by atoms with van der Waals surface area (Å²) >= 11 is 0. The summed E-state index contributed by atoms with van der Waals surface area (Å²) in [5, 5.41) is 8.76. The lowest BCUT2D eigenvalue weighted by molar-refractivity contribution is 0.557. The van der Waals surface area contributed by atoms with Crippen LogP contribution >= 0.6 is 0 Å². The van der Waals surface area contributed by atoms with Crippen LogP contribution in [-0.2, 0) is 10.0 Å². The first-order chi connectivity index (χ1) is 8.53. The molecule has 1 aliphatic rings. The Labute approximate surface area is 107 Å². The van der Waals surface area contributed by atoms with E-state index in [-0.39, 0.29) is 10.9 Å². The van der Waals surface area contributed by atoms with Gasteiger partial charge in [-0.15, -0.1) is 0 Å². The van der Waals surface area contributed by atoms with E-state index in [0.29, 0.717) is 11.1 Å². The second-order valence-corrected chi connectivity index (χ2v) is 6.04. The Morgan fingerprint density at radius 2 is 2.00 bits per heavy atom. The zero-order chi connectivity index (χ0) is 13.2. The molecule has 0 saturated carbocycles. The van der Waals surface area contributed by atoms with E-state index in [1.165, 1.54) is 12.1 Å². The van der Waals surface area contributed by atoms with Crippen LogP contribution in [0.1, 0.15) is 24.0 Å². The zero-order valence-corrected chi connectivity index (χ0v) is 10.9. The van der Waals surface area contributed by atoms with Crippen LogP contribution in [0.25, 0.3) is 0 Å². The molecular weight excluding hydrogens is 248 g/mol. The summed E-state index contributed by atoms with van der Waals surface area (Å²) in [5.74, 6) is 0. The molecule has 0 saturated heterocycles. The van der Waals surface area contributed by atoms with Crippen LogP contribution in [0.3, 0.4) is 0 Å². The fourth-order valence-corrected chi connectivity index (χ4v) is 3.51. The van der Waals surface area contributed by atoms with Gasteiger partial charge in [0.1, 0.15) is 0 Å². The lowest BCUT2D eigenvalue weighted by Gasteiger charge is -2.14. The molecule has 2 rings (SSSR count). The van der Waals surface area contributed by atoms with E-state index in [1.54, 1.807) is 13.0 Å². The molecule has 0 aliphatic heterocycles. The summed E-state index contributed by atoms with van der Waals surface area (Å²) in [7, 11) is -3.50. The zero-order valence-electron chi connectivity index (χ0n) is 10.1. The Morgan fingerprint density at radius 3 is 2.56 bits per heavy atom. The molecule has 0 fully saturated rings. The molecule has 0 radical (unpaired) electrons. The van der Waals surface area contributed by atoms with Crippen LogP contribution in [0.15, 0.2) is 35.2 Å². The lowest BCUT2D eigenvalue weighted by atomic mass is 10.2. The Bertz CT molecular complexity index is 619. The van der Waals surface area contributed by atoms with Gasteiger partial charge in [-0.1, -0.05) is 12.2 Å². The minimum atomic E-state index is -3.50. The Hall–Kier alpha value is -1.64. The second kappa shape index (κ2) is 4.92. The van der Waals surface area contributed by atoms with Crippen molar-refractivity contribution in [1.29, 1.82) is 5.26 Å². The number of nitriles is 1. The predicted octanol–water partition coefficient (Wildman–Crippen LogP) is 1.86.